The second-order valence-electron chi connectivity index (χ2n) is 5.38. The van der Waals surface area contributed by atoms with E-state index in [1.54, 1.807) is 43.4 Å². The molecule has 0 bridgehead atoms. The van der Waals surface area contributed by atoms with Crippen molar-refractivity contribution >= 4 is 56.5 Å². The average Bonchev–Trinajstić information content (AvgIpc) is 3.00. The Morgan fingerprint density at radius 3 is 2.42 bits per heavy atom. The maximum Gasteiger partial charge on any atom is 0.319 e. The van der Waals surface area contributed by atoms with Crippen molar-refractivity contribution in [3.63, 3.8) is 0 Å². The number of benzene rings is 1. The van der Waals surface area contributed by atoms with Gasteiger partial charge in [0, 0.05) is 25.0 Å². The zero-order valence-corrected chi connectivity index (χ0v) is 16.7. The number of likely N-dealkylation sites (N-methyl/N-ethyl adjacent to an activating group) is 1. The molecule has 26 heavy (non-hydrogen) atoms. The highest BCUT2D eigenvalue weighted by Gasteiger charge is 2.16. The van der Waals surface area contributed by atoms with Gasteiger partial charge in [0.25, 0.3) is 5.91 Å². The number of anilines is 2. The molecule has 138 valence electrons. The molecule has 0 saturated carbocycles. The van der Waals surface area contributed by atoms with Crippen LogP contribution >= 0.6 is 27.3 Å². The first-order chi connectivity index (χ1) is 12.4. The van der Waals surface area contributed by atoms with Gasteiger partial charge in [0.2, 0.25) is 5.91 Å². The fraction of sp³-hybridized carbons (Fsp3) is 0.235. The van der Waals surface area contributed by atoms with E-state index in [1.807, 2.05) is 6.92 Å². The Morgan fingerprint density at radius 1 is 1.12 bits per heavy atom. The van der Waals surface area contributed by atoms with Crippen LogP contribution in [0, 0.1) is 0 Å². The number of amides is 4. The van der Waals surface area contributed by atoms with Gasteiger partial charge in [-0.3, -0.25) is 9.59 Å². The van der Waals surface area contributed by atoms with E-state index in [9.17, 15) is 14.4 Å². The molecule has 1 aromatic heterocycles. The maximum absolute atomic E-state index is 12.3. The monoisotopic (exact) mass is 438 g/mol. The van der Waals surface area contributed by atoms with Crippen molar-refractivity contribution in [2.45, 2.75) is 6.92 Å². The van der Waals surface area contributed by atoms with Crippen molar-refractivity contribution in [3.05, 3.63) is 45.1 Å². The fourth-order valence-corrected chi connectivity index (χ4v) is 3.50. The zero-order valence-electron chi connectivity index (χ0n) is 14.3. The number of carbonyl (C=O) groups excluding carboxylic acids is 3. The summed E-state index contributed by atoms with van der Waals surface area (Å²) < 4.78 is 0.857. The van der Waals surface area contributed by atoms with Crippen molar-refractivity contribution in [3.8, 4) is 0 Å². The standard InChI is InChI=1S/C17H19BrN4O3S/c1-3-19-17(25)21-12-6-4-5-11(9-12)20-15(23)10-22(2)16(24)13-7-8-14(18)26-13/h4-9H,3,10H2,1-2H3,(H,20,23)(H2,19,21,25). The van der Waals surface area contributed by atoms with Crippen molar-refractivity contribution in [2.75, 3.05) is 30.8 Å². The van der Waals surface area contributed by atoms with E-state index in [-0.39, 0.29) is 24.4 Å². The third-order valence-electron chi connectivity index (χ3n) is 3.25. The van der Waals surface area contributed by atoms with Crippen LogP contribution in [0.1, 0.15) is 16.6 Å². The predicted molar refractivity (Wildman–Crippen MR) is 107 cm³/mol. The highest BCUT2D eigenvalue weighted by molar-refractivity contribution is 9.11. The van der Waals surface area contributed by atoms with Crippen molar-refractivity contribution in [1.29, 1.82) is 0 Å². The summed E-state index contributed by atoms with van der Waals surface area (Å²) in [6.45, 7) is 2.26. The van der Waals surface area contributed by atoms with E-state index in [4.69, 9.17) is 0 Å². The van der Waals surface area contributed by atoms with E-state index in [0.29, 0.717) is 22.8 Å². The SMILES string of the molecule is CCNC(=O)Nc1cccc(NC(=O)CN(C)C(=O)c2ccc(Br)s2)c1. The fourth-order valence-electron chi connectivity index (χ4n) is 2.12. The van der Waals surface area contributed by atoms with E-state index >= 15 is 0 Å². The number of nitrogens with one attached hydrogen (secondary N) is 3. The lowest BCUT2D eigenvalue weighted by Gasteiger charge is -2.16. The van der Waals surface area contributed by atoms with Gasteiger partial charge in [0.1, 0.15) is 0 Å². The van der Waals surface area contributed by atoms with Crippen LogP contribution in [0.4, 0.5) is 16.2 Å². The molecule has 0 aliphatic rings. The van der Waals surface area contributed by atoms with Crippen LogP contribution in [0.25, 0.3) is 0 Å². The topological polar surface area (TPSA) is 90.5 Å². The normalized spacial score (nSPS) is 10.1. The number of hydrogen-bond acceptors (Lipinski definition) is 4. The molecule has 1 heterocycles. The number of rotatable bonds is 6. The maximum atomic E-state index is 12.3. The molecule has 0 spiro atoms. The molecule has 1 aromatic carbocycles. The zero-order chi connectivity index (χ0) is 19.1. The first-order valence-corrected chi connectivity index (χ1v) is 9.45. The summed E-state index contributed by atoms with van der Waals surface area (Å²) in [7, 11) is 1.57. The largest absolute Gasteiger partial charge is 0.338 e. The number of carbonyl (C=O) groups is 3. The van der Waals surface area contributed by atoms with Gasteiger partial charge in [-0.25, -0.2) is 4.79 Å². The Morgan fingerprint density at radius 2 is 1.81 bits per heavy atom. The lowest BCUT2D eigenvalue weighted by atomic mass is 10.2. The molecule has 9 heteroatoms. The number of halogens is 1. The lowest BCUT2D eigenvalue weighted by molar-refractivity contribution is -0.116. The Balaban J connectivity index is 1.92. The minimum atomic E-state index is -0.327. The average molecular weight is 439 g/mol. The van der Waals surface area contributed by atoms with Crippen LogP contribution in [0.2, 0.25) is 0 Å². The summed E-state index contributed by atoms with van der Waals surface area (Å²) in [6, 6.07) is 9.97. The third-order valence-corrected chi connectivity index (χ3v) is 4.86. The van der Waals surface area contributed by atoms with Crippen LogP contribution in [-0.4, -0.2) is 42.9 Å². The highest BCUT2D eigenvalue weighted by atomic mass is 79.9. The molecule has 3 N–H and O–H groups in total. The Kier molecular flexibility index (Phi) is 7.16. The molecule has 4 amide bonds. The lowest BCUT2D eigenvalue weighted by Crippen LogP contribution is -2.34. The molecule has 0 aliphatic carbocycles. The van der Waals surface area contributed by atoms with Gasteiger partial charge in [-0.2, -0.15) is 0 Å². The minimum Gasteiger partial charge on any atom is -0.338 e. The molecule has 2 aromatic rings. The third kappa shape index (κ3) is 5.85. The first-order valence-electron chi connectivity index (χ1n) is 7.84. The molecule has 7 nitrogen and oxygen atoms in total. The summed E-state index contributed by atoms with van der Waals surface area (Å²) in [6.07, 6.45) is 0. The second kappa shape index (κ2) is 9.35. The van der Waals surface area contributed by atoms with Gasteiger partial charge in [-0.15, -0.1) is 11.3 Å². The highest BCUT2D eigenvalue weighted by Crippen LogP contribution is 2.23. The van der Waals surface area contributed by atoms with Gasteiger partial charge in [0.05, 0.1) is 15.2 Å². The molecule has 0 radical (unpaired) electrons. The Labute approximate surface area is 163 Å². The summed E-state index contributed by atoms with van der Waals surface area (Å²) in [5, 5.41) is 8.02. The minimum absolute atomic E-state index is 0.0810. The molecule has 0 unspecified atom stereocenters. The number of nitrogens with zero attached hydrogens (tertiary/aromatic N) is 1. The molecule has 0 atom stereocenters. The van der Waals surface area contributed by atoms with Crippen molar-refractivity contribution in [2.24, 2.45) is 0 Å². The van der Waals surface area contributed by atoms with Crippen molar-refractivity contribution in [1.82, 2.24) is 10.2 Å². The van der Waals surface area contributed by atoms with Crippen LogP contribution < -0.4 is 16.0 Å². The van der Waals surface area contributed by atoms with E-state index in [1.165, 1.54) is 16.2 Å². The molecule has 0 aliphatic heterocycles. The number of thiophene rings is 1. The van der Waals surface area contributed by atoms with Crippen molar-refractivity contribution < 1.29 is 14.4 Å². The van der Waals surface area contributed by atoms with Crippen LogP contribution in [0.5, 0.6) is 0 Å². The second-order valence-corrected chi connectivity index (χ2v) is 7.84. The summed E-state index contributed by atoms with van der Waals surface area (Å²) >= 11 is 4.63. The summed E-state index contributed by atoms with van der Waals surface area (Å²) in [5.41, 5.74) is 1.09. The van der Waals surface area contributed by atoms with Crippen LogP contribution in [-0.2, 0) is 4.79 Å². The van der Waals surface area contributed by atoms with Gasteiger partial charge in [0.15, 0.2) is 0 Å². The van der Waals surface area contributed by atoms with E-state index in [0.717, 1.165) is 3.79 Å². The molecule has 0 saturated heterocycles. The Hall–Kier alpha value is -2.39. The quantitative estimate of drug-likeness (QED) is 0.645. The smallest absolute Gasteiger partial charge is 0.319 e. The summed E-state index contributed by atoms with van der Waals surface area (Å²) in [4.78, 5) is 37.9. The Bertz CT molecular complexity index is 809. The first kappa shape index (κ1) is 19.9. The molecule has 0 fully saturated rings. The molecule has 2 rings (SSSR count). The van der Waals surface area contributed by atoms with Crippen LogP contribution in [0.3, 0.4) is 0 Å². The van der Waals surface area contributed by atoms with Crippen LogP contribution in [0.15, 0.2) is 40.2 Å². The molecular weight excluding hydrogens is 420 g/mol. The molecular formula is C17H19BrN4O3S. The summed E-state index contributed by atoms with van der Waals surface area (Å²) in [5.74, 6) is -0.547. The predicted octanol–water partition coefficient (Wildman–Crippen LogP) is 3.36. The van der Waals surface area contributed by atoms with Gasteiger partial charge < -0.3 is 20.9 Å². The van der Waals surface area contributed by atoms with Gasteiger partial charge in [-0.1, -0.05) is 6.07 Å². The van der Waals surface area contributed by atoms with E-state index < -0.39 is 0 Å². The number of hydrogen-bond donors (Lipinski definition) is 3. The number of urea groups is 1. The van der Waals surface area contributed by atoms with Gasteiger partial charge >= 0.3 is 6.03 Å². The van der Waals surface area contributed by atoms with E-state index in [2.05, 4.69) is 31.9 Å². The van der Waals surface area contributed by atoms with Gasteiger partial charge in [-0.05, 0) is 53.2 Å².